The lowest BCUT2D eigenvalue weighted by molar-refractivity contribution is 0.0935. The van der Waals surface area contributed by atoms with Gasteiger partial charge in [-0.15, -0.1) is 0 Å². The van der Waals surface area contributed by atoms with Crippen molar-refractivity contribution in [2.24, 2.45) is 0 Å². The number of hydrogen-bond donors (Lipinski definition) is 1. The van der Waals surface area contributed by atoms with E-state index in [1.165, 1.54) is 16.9 Å². The molecule has 0 saturated carbocycles. The maximum atomic E-state index is 12.8. The lowest BCUT2D eigenvalue weighted by Gasteiger charge is -2.21. The maximum absolute atomic E-state index is 12.8. The van der Waals surface area contributed by atoms with Crippen LogP contribution < -0.4 is 9.62 Å². The summed E-state index contributed by atoms with van der Waals surface area (Å²) in [5.41, 5.74) is 5.27. The largest absolute Gasteiger partial charge is 0.345 e. The lowest BCUT2D eigenvalue weighted by atomic mass is 9.97. The molecule has 0 fully saturated rings. The molecule has 2 aromatic carbocycles. The number of anilines is 1. The molecule has 1 atom stereocenters. The number of benzene rings is 2. The Balaban J connectivity index is 2.25. The molecule has 0 spiro atoms. The van der Waals surface area contributed by atoms with Crippen LogP contribution in [0.15, 0.2) is 36.4 Å². The fourth-order valence-electron chi connectivity index (χ4n) is 3.19. The first-order valence-corrected chi connectivity index (χ1v) is 10.8. The van der Waals surface area contributed by atoms with E-state index >= 15 is 0 Å². The molecule has 0 aliphatic rings. The van der Waals surface area contributed by atoms with Crippen LogP contribution in [-0.4, -0.2) is 27.6 Å². The van der Waals surface area contributed by atoms with Crippen molar-refractivity contribution in [3.8, 4) is 0 Å². The minimum absolute atomic E-state index is 0.0724. The first kappa shape index (κ1) is 21.0. The number of rotatable bonds is 6. The van der Waals surface area contributed by atoms with Crippen LogP contribution in [0.25, 0.3) is 0 Å². The highest BCUT2D eigenvalue weighted by atomic mass is 32.2. The van der Waals surface area contributed by atoms with Crippen molar-refractivity contribution < 1.29 is 13.2 Å². The van der Waals surface area contributed by atoms with Crippen LogP contribution in [0.2, 0.25) is 0 Å². The monoisotopic (exact) mass is 388 g/mol. The van der Waals surface area contributed by atoms with Gasteiger partial charge >= 0.3 is 0 Å². The Morgan fingerprint density at radius 3 is 2.26 bits per heavy atom. The van der Waals surface area contributed by atoms with E-state index in [1.54, 1.807) is 25.1 Å². The Hall–Kier alpha value is -2.34. The number of aryl methyl sites for hydroxylation is 3. The number of carbonyl (C=O) groups excluding carboxylic acids is 1. The number of sulfonamides is 1. The number of carbonyl (C=O) groups is 1. The van der Waals surface area contributed by atoms with Crippen LogP contribution in [0.1, 0.15) is 52.0 Å². The van der Waals surface area contributed by atoms with E-state index in [0.29, 0.717) is 11.3 Å². The molecule has 0 bridgehead atoms. The van der Waals surface area contributed by atoms with Gasteiger partial charge in [-0.05, 0) is 62.1 Å². The molecule has 2 rings (SSSR count). The summed E-state index contributed by atoms with van der Waals surface area (Å²) in [6.45, 7) is 7.94. The van der Waals surface area contributed by atoms with Crippen molar-refractivity contribution in [2.75, 3.05) is 17.6 Å². The molecule has 0 aliphatic carbocycles. The SMILES string of the molecule is CCC(NC(=O)c1ccc(N(C)S(C)(=O)=O)c(C)c1)c1ccc(C)cc1C. The van der Waals surface area contributed by atoms with Crippen molar-refractivity contribution in [1.29, 1.82) is 0 Å². The third kappa shape index (κ3) is 4.89. The van der Waals surface area contributed by atoms with Gasteiger partial charge in [0.2, 0.25) is 10.0 Å². The predicted molar refractivity (Wildman–Crippen MR) is 111 cm³/mol. The Morgan fingerprint density at radius 2 is 1.74 bits per heavy atom. The third-order valence-corrected chi connectivity index (χ3v) is 6.00. The molecular formula is C21H28N2O3S. The van der Waals surface area contributed by atoms with E-state index in [-0.39, 0.29) is 11.9 Å². The topological polar surface area (TPSA) is 66.5 Å². The van der Waals surface area contributed by atoms with Gasteiger partial charge < -0.3 is 5.32 Å². The van der Waals surface area contributed by atoms with Crippen LogP contribution in [0, 0.1) is 20.8 Å². The minimum Gasteiger partial charge on any atom is -0.345 e. The van der Waals surface area contributed by atoms with Crippen LogP contribution >= 0.6 is 0 Å². The Labute approximate surface area is 162 Å². The Bertz CT molecular complexity index is 952. The molecule has 1 unspecified atom stereocenters. The Kier molecular flexibility index (Phi) is 6.31. The standard InChI is InChI=1S/C21H28N2O3S/c1-7-19(18-10-8-14(2)12-15(18)3)22-21(24)17-9-11-20(16(4)13-17)23(5)27(6,25)26/h8-13,19H,7H2,1-6H3,(H,22,24). The summed E-state index contributed by atoms with van der Waals surface area (Å²) in [6.07, 6.45) is 1.94. The number of hydrogen-bond acceptors (Lipinski definition) is 3. The van der Waals surface area contributed by atoms with E-state index < -0.39 is 10.0 Å². The van der Waals surface area contributed by atoms with Crippen LogP contribution in [0.3, 0.4) is 0 Å². The zero-order valence-electron chi connectivity index (χ0n) is 16.8. The average Bonchev–Trinajstić information content (AvgIpc) is 2.58. The van der Waals surface area contributed by atoms with Crippen molar-refractivity contribution in [3.63, 3.8) is 0 Å². The van der Waals surface area contributed by atoms with Crippen molar-refractivity contribution in [1.82, 2.24) is 5.32 Å². The Morgan fingerprint density at radius 1 is 1.07 bits per heavy atom. The van der Waals surface area contributed by atoms with Crippen LogP contribution in [-0.2, 0) is 10.0 Å². The minimum atomic E-state index is -3.35. The summed E-state index contributed by atoms with van der Waals surface area (Å²) in [4.78, 5) is 12.8. The highest BCUT2D eigenvalue weighted by molar-refractivity contribution is 7.92. The second kappa shape index (κ2) is 8.13. The number of amides is 1. The second-order valence-corrected chi connectivity index (χ2v) is 9.04. The second-order valence-electron chi connectivity index (χ2n) is 7.03. The molecule has 1 amide bonds. The molecule has 27 heavy (non-hydrogen) atoms. The van der Waals surface area contributed by atoms with Gasteiger partial charge in [0.15, 0.2) is 0 Å². The summed E-state index contributed by atoms with van der Waals surface area (Å²) in [5, 5.41) is 3.09. The molecule has 0 aliphatic heterocycles. The van der Waals surface area contributed by atoms with E-state index in [1.807, 2.05) is 13.8 Å². The molecule has 146 valence electrons. The number of nitrogens with one attached hydrogen (secondary N) is 1. The molecule has 0 saturated heterocycles. The molecule has 6 heteroatoms. The number of nitrogens with zero attached hydrogens (tertiary/aromatic N) is 1. The van der Waals surface area contributed by atoms with E-state index in [4.69, 9.17) is 0 Å². The zero-order chi connectivity index (χ0) is 20.4. The zero-order valence-corrected chi connectivity index (χ0v) is 17.6. The summed E-state index contributed by atoms with van der Waals surface area (Å²) < 4.78 is 24.7. The van der Waals surface area contributed by atoms with Gasteiger partial charge in [-0.2, -0.15) is 0 Å². The van der Waals surface area contributed by atoms with Crippen molar-refractivity contribution >= 4 is 21.6 Å². The maximum Gasteiger partial charge on any atom is 0.251 e. The fraction of sp³-hybridized carbons (Fsp3) is 0.381. The molecule has 5 nitrogen and oxygen atoms in total. The molecular weight excluding hydrogens is 360 g/mol. The van der Waals surface area contributed by atoms with Gasteiger partial charge in [0, 0.05) is 12.6 Å². The smallest absolute Gasteiger partial charge is 0.251 e. The molecule has 0 heterocycles. The fourth-order valence-corrected chi connectivity index (χ4v) is 3.75. The van der Waals surface area contributed by atoms with Gasteiger partial charge in [-0.1, -0.05) is 30.7 Å². The lowest BCUT2D eigenvalue weighted by Crippen LogP contribution is -2.29. The quantitative estimate of drug-likeness (QED) is 0.816. The van der Waals surface area contributed by atoms with Crippen LogP contribution in [0.4, 0.5) is 5.69 Å². The van der Waals surface area contributed by atoms with Crippen molar-refractivity contribution in [3.05, 3.63) is 64.2 Å². The van der Waals surface area contributed by atoms with Crippen LogP contribution in [0.5, 0.6) is 0 Å². The van der Waals surface area contributed by atoms with Gasteiger partial charge in [-0.3, -0.25) is 9.10 Å². The highest BCUT2D eigenvalue weighted by Gasteiger charge is 2.18. The van der Waals surface area contributed by atoms with E-state index in [0.717, 1.165) is 29.4 Å². The van der Waals surface area contributed by atoms with Crippen molar-refractivity contribution in [2.45, 2.75) is 40.2 Å². The molecule has 2 aromatic rings. The first-order chi connectivity index (χ1) is 12.5. The van der Waals surface area contributed by atoms with E-state index in [2.05, 4.69) is 30.4 Å². The summed E-state index contributed by atoms with van der Waals surface area (Å²) in [7, 11) is -1.84. The predicted octanol–water partition coefficient (Wildman–Crippen LogP) is 3.89. The molecule has 1 N–H and O–H groups in total. The molecule has 0 aromatic heterocycles. The van der Waals surface area contributed by atoms with E-state index in [9.17, 15) is 13.2 Å². The van der Waals surface area contributed by atoms with Gasteiger partial charge in [0.1, 0.15) is 0 Å². The summed E-state index contributed by atoms with van der Waals surface area (Å²) in [5.74, 6) is -0.168. The van der Waals surface area contributed by atoms with Gasteiger partial charge in [-0.25, -0.2) is 8.42 Å². The average molecular weight is 389 g/mol. The first-order valence-electron chi connectivity index (χ1n) is 8.97. The van der Waals surface area contributed by atoms with Gasteiger partial charge in [0.05, 0.1) is 18.0 Å². The summed E-state index contributed by atoms with van der Waals surface area (Å²) >= 11 is 0. The molecule has 0 radical (unpaired) electrons. The normalized spacial score (nSPS) is 12.5. The van der Waals surface area contributed by atoms with Gasteiger partial charge in [0.25, 0.3) is 5.91 Å². The third-order valence-electron chi connectivity index (χ3n) is 4.81. The summed E-state index contributed by atoms with van der Waals surface area (Å²) in [6, 6.07) is 11.2. The highest BCUT2D eigenvalue weighted by Crippen LogP contribution is 2.24.